The molecule has 0 amide bonds. The molecule has 4 nitrogen and oxygen atoms in total. The lowest BCUT2D eigenvalue weighted by Crippen LogP contribution is -2.21. The van der Waals surface area contributed by atoms with E-state index in [1.54, 1.807) is 0 Å². The first kappa shape index (κ1) is 17.0. The van der Waals surface area contributed by atoms with Crippen LogP contribution in [0.3, 0.4) is 0 Å². The predicted octanol–water partition coefficient (Wildman–Crippen LogP) is 6.11. The smallest absolute Gasteiger partial charge is 0.178 e. The van der Waals surface area contributed by atoms with Gasteiger partial charge in [0.15, 0.2) is 5.82 Å². The Morgan fingerprint density at radius 2 is 1.91 bits per heavy atom. The van der Waals surface area contributed by atoms with Gasteiger partial charge in [-0.2, -0.15) is 10.2 Å². The number of rotatable bonds is 6. The van der Waals surface area contributed by atoms with Crippen LogP contribution in [-0.4, -0.2) is 10.2 Å². The Labute approximate surface area is 140 Å². The van der Waals surface area contributed by atoms with Crippen LogP contribution in [0.25, 0.3) is 0 Å². The van der Waals surface area contributed by atoms with Gasteiger partial charge in [-0.3, -0.25) is 0 Å². The van der Waals surface area contributed by atoms with Gasteiger partial charge in [-0.1, -0.05) is 32.4 Å². The molecule has 2 aromatic heterocycles. The van der Waals surface area contributed by atoms with Crippen molar-refractivity contribution >= 4 is 28.8 Å². The third kappa shape index (κ3) is 3.90. The van der Waals surface area contributed by atoms with Crippen LogP contribution in [0.15, 0.2) is 34.5 Å². The van der Waals surface area contributed by atoms with Gasteiger partial charge in [-0.25, -0.2) is 0 Å². The molecule has 0 spiro atoms. The molecule has 1 atom stereocenters. The number of nitrogens with zero attached hydrogens (tertiary/aromatic N) is 4. The molecule has 0 radical (unpaired) electrons. The molecule has 0 aromatic carbocycles. The zero-order chi connectivity index (χ0) is 16.2. The quantitative estimate of drug-likeness (QED) is 0.597. The number of hydrogen-bond donors (Lipinski definition) is 0. The van der Waals surface area contributed by atoms with Crippen LogP contribution in [0, 0.1) is 0 Å². The fourth-order valence-corrected chi connectivity index (χ4v) is 3.11. The lowest BCUT2D eigenvalue weighted by Gasteiger charge is -2.25. The maximum absolute atomic E-state index is 5.93. The molecule has 0 N–H and O–H groups in total. The van der Waals surface area contributed by atoms with Crippen molar-refractivity contribution in [3.05, 3.63) is 39.2 Å². The molecular weight excluding hydrogens is 316 g/mol. The van der Waals surface area contributed by atoms with Crippen molar-refractivity contribution in [1.29, 1.82) is 0 Å². The van der Waals surface area contributed by atoms with Gasteiger partial charge in [0, 0.05) is 10.3 Å². The molecule has 0 bridgehead atoms. The summed E-state index contributed by atoms with van der Waals surface area (Å²) in [6, 6.07) is 7.69. The molecule has 6 heteroatoms. The summed E-state index contributed by atoms with van der Waals surface area (Å²) >= 11 is 7.45. The van der Waals surface area contributed by atoms with Gasteiger partial charge in [-0.15, -0.1) is 21.5 Å². The summed E-state index contributed by atoms with van der Waals surface area (Å²) in [5, 5.41) is 17.0. The van der Waals surface area contributed by atoms with E-state index in [1.807, 2.05) is 31.2 Å². The Morgan fingerprint density at radius 3 is 2.41 bits per heavy atom. The standard InChI is InChI=1S/C16H21ClN4S/c1-5-16(4,6-2)13-8-10-15(21-19-13)20-18-11(3)12-7-9-14(17)22-12/h7-11H,5-6H2,1-4H3. The minimum atomic E-state index is -0.0319. The zero-order valence-electron chi connectivity index (χ0n) is 13.4. The number of halogens is 1. The highest BCUT2D eigenvalue weighted by Gasteiger charge is 2.24. The van der Waals surface area contributed by atoms with Gasteiger partial charge in [0.1, 0.15) is 6.04 Å². The monoisotopic (exact) mass is 336 g/mol. The summed E-state index contributed by atoms with van der Waals surface area (Å²) in [5.41, 5.74) is 1.08. The first-order valence-electron chi connectivity index (χ1n) is 7.48. The molecule has 0 saturated heterocycles. The minimum Gasteiger partial charge on any atom is -0.178 e. The van der Waals surface area contributed by atoms with E-state index in [-0.39, 0.29) is 11.5 Å². The SMILES string of the molecule is CCC(C)(CC)c1ccc(N=NC(C)c2ccc(Cl)s2)nn1. The van der Waals surface area contributed by atoms with Crippen LogP contribution >= 0.6 is 22.9 Å². The van der Waals surface area contributed by atoms with Crippen LogP contribution < -0.4 is 0 Å². The summed E-state index contributed by atoms with van der Waals surface area (Å²) in [5.74, 6) is 0.535. The lowest BCUT2D eigenvalue weighted by atomic mass is 9.81. The van der Waals surface area contributed by atoms with Gasteiger partial charge in [0.2, 0.25) is 0 Å². The van der Waals surface area contributed by atoms with E-state index in [2.05, 4.69) is 41.2 Å². The number of hydrogen-bond acceptors (Lipinski definition) is 5. The van der Waals surface area contributed by atoms with Crippen molar-refractivity contribution in [3.8, 4) is 0 Å². The second kappa shape index (κ2) is 7.29. The average molecular weight is 337 g/mol. The van der Waals surface area contributed by atoms with Gasteiger partial charge in [-0.05, 0) is 44.0 Å². The van der Waals surface area contributed by atoms with E-state index in [4.69, 9.17) is 11.6 Å². The van der Waals surface area contributed by atoms with Crippen LogP contribution in [0.1, 0.15) is 57.1 Å². The van der Waals surface area contributed by atoms with Gasteiger partial charge in [0.25, 0.3) is 0 Å². The molecule has 118 valence electrons. The van der Waals surface area contributed by atoms with Gasteiger partial charge < -0.3 is 0 Å². The molecule has 2 aromatic rings. The second-order valence-electron chi connectivity index (χ2n) is 5.58. The van der Waals surface area contributed by atoms with Crippen molar-refractivity contribution in [3.63, 3.8) is 0 Å². The molecule has 0 fully saturated rings. The summed E-state index contributed by atoms with van der Waals surface area (Å²) in [7, 11) is 0. The fourth-order valence-electron chi connectivity index (χ4n) is 2.07. The molecule has 1 unspecified atom stereocenters. The van der Waals surface area contributed by atoms with Gasteiger partial charge >= 0.3 is 0 Å². The highest BCUT2D eigenvalue weighted by Crippen LogP contribution is 2.31. The van der Waals surface area contributed by atoms with E-state index in [1.165, 1.54) is 11.3 Å². The molecule has 22 heavy (non-hydrogen) atoms. The number of aromatic nitrogens is 2. The van der Waals surface area contributed by atoms with E-state index in [0.717, 1.165) is 27.7 Å². The molecule has 2 heterocycles. The Balaban J connectivity index is 2.09. The maximum atomic E-state index is 5.93. The van der Waals surface area contributed by atoms with Crippen LogP contribution in [0.4, 0.5) is 5.82 Å². The Morgan fingerprint density at radius 1 is 1.18 bits per heavy atom. The third-order valence-corrected chi connectivity index (χ3v) is 5.57. The zero-order valence-corrected chi connectivity index (χ0v) is 14.9. The van der Waals surface area contributed by atoms with E-state index in [0.29, 0.717) is 5.82 Å². The van der Waals surface area contributed by atoms with E-state index < -0.39 is 0 Å². The van der Waals surface area contributed by atoms with Crippen molar-refractivity contribution in [2.45, 2.75) is 52.0 Å². The van der Waals surface area contributed by atoms with Crippen molar-refractivity contribution in [2.75, 3.05) is 0 Å². The van der Waals surface area contributed by atoms with Crippen LogP contribution in [0.2, 0.25) is 4.34 Å². The Kier molecular flexibility index (Phi) is 5.64. The number of thiophene rings is 1. The number of azo groups is 1. The average Bonchev–Trinajstić information content (AvgIpc) is 2.99. The molecular formula is C16H21ClN4S. The summed E-state index contributed by atoms with van der Waals surface area (Å²) in [6.45, 7) is 8.54. The normalized spacial score (nSPS) is 13.7. The summed E-state index contributed by atoms with van der Waals surface area (Å²) < 4.78 is 0.764. The van der Waals surface area contributed by atoms with Gasteiger partial charge in [0.05, 0.1) is 10.0 Å². The van der Waals surface area contributed by atoms with Crippen LogP contribution in [0.5, 0.6) is 0 Å². The van der Waals surface area contributed by atoms with Crippen LogP contribution in [-0.2, 0) is 5.41 Å². The Bertz CT molecular complexity index is 632. The largest absolute Gasteiger partial charge is 0.195 e. The molecule has 2 rings (SSSR count). The Hall–Kier alpha value is -1.33. The third-order valence-electron chi connectivity index (χ3n) is 4.17. The minimum absolute atomic E-state index is 0.0319. The molecule has 0 aliphatic carbocycles. The van der Waals surface area contributed by atoms with E-state index >= 15 is 0 Å². The summed E-state index contributed by atoms with van der Waals surface area (Å²) in [6.07, 6.45) is 2.07. The summed E-state index contributed by atoms with van der Waals surface area (Å²) in [4.78, 5) is 1.09. The van der Waals surface area contributed by atoms with E-state index in [9.17, 15) is 0 Å². The van der Waals surface area contributed by atoms with Crippen molar-refractivity contribution < 1.29 is 0 Å². The maximum Gasteiger partial charge on any atom is 0.195 e. The highest BCUT2D eigenvalue weighted by molar-refractivity contribution is 7.16. The molecule has 0 aliphatic heterocycles. The first-order valence-corrected chi connectivity index (χ1v) is 8.68. The topological polar surface area (TPSA) is 50.5 Å². The lowest BCUT2D eigenvalue weighted by molar-refractivity contribution is 0.421. The second-order valence-corrected chi connectivity index (χ2v) is 7.32. The highest BCUT2D eigenvalue weighted by atomic mass is 35.5. The predicted molar refractivity (Wildman–Crippen MR) is 92.2 cm³/mol. The molecule has 0 saturated carbocycles. The molecule has 0 aliphatic rings. The first-order chi connectivity index (χ1) is 10.5. The fraction of sp³-hybridized carbons (Fsp3) is 0.500. The van der Waals surface area contributed by atoms with Crippen molar-refractivity contribution in [1.82, 2.24) is 10.2 Å². The van der Waals surface area contributed by atoms with Crippen molar-refractivity contribution in [2.24, 2.45) is 10.2 Å².